The van der Waals surface area contributed by atoms with Crippen LogP contribution in [0, 0.1) is 10.1 Å². The molecule has 0 spiro atoms. The normalized spacial score (nSPS) is 11.0. The van der Waals surface area contributed by atoms with Crippen molar-refractivity contribution in [1.29, 1.82) is 0 Å². The van der Waals surface area contributed by atoms with E-state index in [0.29, 0.717) is 11.8 Å². The lowest BCUT2D eigenvalue weighted by Crippen LogP contribution is -2.19. The summed E-state index contributed by atoms with van der Waals surface area (Å²) in [6, 6.07) is 8.50. The average molecular weight is 467 g/mol. The third kappa shape index (κ3) is 5.03. The van der Waals surface area contributed by atoms with Crippen LogP contribution in [0.2, 0.25) is 5.02 Å². The third-order valence-electron chi connectivity index (χ3n) is 4.16. The summed E-state index contributed by atoms with van der Waals surface area (Å²) in [7, 11) is 1.45. The van der Waals surface area contributed by atoms with E-state index in [0.717, 1.165) is 18.3 Å². The molecule has 0 fully saturated rings. The van der Waals surface area contributed by atoms with E-state index in [9.17, 15) is 28.1 Å². The number of nitrogens with one attached hydrogen (secondary N) is 3. The summed E-state index contributed by atoms with van der Waals surface area (Å²) in [5, 5.41) is 18.7. The molecule has 1 aromatic heterocycles. The molecule has 0 saturated heterocycles. The van der Waals surface area contributed by atoms with Gasteiger partial charge in [0.05, 0.1) is 33.6 Å². The van der Waals surface area contributed by atoms with Gasteiger partial charge in [0.1, 0.15) is 5.02 Å². The molecule has 13 heteroatoms. The van der Waals surface area contributed by atoms with Gasteiger partial charge < -0.3 is 16.0 Å². The molecule has 0 aliphatic rings. The van der Waals surface area contributed by atoms with Gasteiger partial charge in [-0.15, -0.1) is 0 Å². The van der Waals surface area contributed by atoms with Crippen LogP contribution >= 0.6 is 11.6 Å². The number of benzene rings is 2. The first-order valence-corrected chi connectivity index (χ1v) is 9.21. The Kier molecular flexibility index (Phi) is 6.44. The van der Waals surface area contributed by atoms with Gasteiger partial charge in [-0.1, -0.05) is 23.7 Å². The highest BCUT2D eigenvalue weighted by Crippen LogP contribution is 2.38. The monoisotopic (exact) mass is 466 g/mol. The molecule has 9 nitrogen and oxygen atoms in total. The number of halogens is 4. The molecule has 1 amide bonds. The zero-order valence-corrected chi connectivity index (χ0v) is 17.0. The van der Waals surface area contributed by atoms with Gasteiger partial charge in [-0.25, -0.2) is 4.98 Å². The van der Waals surface area contributed by atoms with Crippen LogP contribution in [0.15, 0.2) is 48.7 Å². The Labute approximate surface area is 183 Å². The standard InChI is InChI=1S/C19H14ClF3N6O3/c1-24-17(30)11-4-2-3-5-14(11)26-16-13(20)9-25-18(28-16)27-15-8-10(29(31)32)6-7-12(15)19(21,22)23/h2-9H,1H3,(H,24,30)(H2,25,26,27,28). The van der Waals surface area contributed by atoms with Crippen molar-refractivity contribution in [2.75, 3.05) is 17.7 Å². The van der Waals surface area contributed by atoms with E-state index in [1.165, 1.54) is 7.05 Å². The minimum Gasteiger partial charge on any atom is -0.355 e. The number of rotatable bonds is 6. The summed E-state index contributed by atoms with van der Waals surface area (Å²) in [5.74, 6) is -0.692. The fourth-order valence-electron chi connectivity index (χ4n) is 2.68. The Morgan fingerprint density at radius 2 is 1.84 bits per heavy atom. The van der Waals surface area contributed by atoms with E-state index < -0.39 is 28.0 Å². The van der Waals surface area contributed by atoms with Gasteiger partial charge in [-0.05, 0) is 18.2 Å². The zero-order chi connectivity index (χ0) is 23.5. The Hall–Kier alpha value is -3.93. The Bertz CT molecular complexity index is 1190. The highest BCUT2D eigenvalue weighted by molar-refractivity contribution is 6.33. The molecule has 0 aliphatic heterocycles. The van der Waals surface area contributed by atoms with Crippen LogP contribution in [-0.2, 0) is 6.18 Å². The number of non-ortho nitro benzene ring substituents is 1. The first-order chi connectivity index (χ1) is 15.1. The molecule has 3 aromatic rings. The summed E-state index contributed by atoms with van der Waals surface area (Å²) in [6.45, 7) is 0. The summed E-state index contributed by atoms with van der Waals surface area (Å²) in [6.07, 6.45) is -3.65. The topological polar surface area (TPSA) is 122 Å². The number of nitrogens with zero attached hydrogens (tertiary/aromatic N) is 3. The number of alkyl halides is 3. The SMILES string of the molecule is CNC(=O)c1ccccc1Nc1nc(Nc2cc([N+](=O)[O-])ccc2C(F)(F)F)ncc1Cl. The fraction of sp³-hybridized carbons (Fsp3) is 0.105. The third-order valence-corrected chi connectivity index (χ3v) is 4.44. The van der Waals surface area contributed by atoms with Crippen molar-refractivity contribution in [1.82, 2.24) is 15.3 Å². The number of carbonyl (C=O) groups excluding carboxylic acids is 1. The molecule has 166 valence electrons. The molecule has 2 aromatic carbocycles. The van der Waals surface area contributed by atoms with Crippen LogP contribution in [0.25, 0.3) is 0 Å². The van der Waals surface area contributed by atoms with E-state index >= 15 is 0 Å². The lowest BCUT2D eigenvalue weighted by atomic mass is 10.1. The maximum absolute atomic E-state index is 13.3. The molecule has 0 bridgehead atoms. The lowest BCUT2D eigenvalue weighted by Gasteiger charge is -2.15. The molecule has 0 saturated carbocycles. The number of para-hydroxylation sites is 1. The maximum atomic E-state index is 13.3. The predicted molar refractivity (Wildman–Crippen MR) is 112 cm³/mol. The van der Waals surface area contributed by atoms with E-state index in [4.69, 9.17) is 11.6 Å². The second-order valence-electron chi connectivity index (χ2n) is 6.25. The Morgan fingerprint density at radius 3 is 2.50 bits per heavy atom. The van der Waals surface area contributed by atoms with E-state index in [1.54, 1.807) is 24.3 Å². The molecule has 0 unspecified atom stereocenters. The average Bonchev–Trinajstić information content (AvgIpc) is 2.75. The maximum Gasteiger partial charge on any atom is 0.418 e. The van der Waals surface area contributed by atoms with Crippen molar-refractivity contribution in [3.05, 3.63) is 74.9 Å². The quantitative estimate of drug-likeness (QED) is 0.348. The van der Waals surface area contributed by atoms with Gasteiger partial charge in [-0.3, -0.25) is 14.9 Å². The molecular weight excluding hydrogens is 453 g/mol. The van der Waals surface area contributed by atoms with Crippen LogP contribution < -0.4 is 16.0 Å². The van der Waals surface area contributed by atoms with Crippen molar-refractivity contribution in [2.45, 2.75) is 6.18 Å². The summed E-state index contributed by atoms with van der Waals surface area (Å²) in [4.78, 5) is 30.1. The number of amides is 1. The number of nitro groups is 1. The van der Waals surface area contributed by atoms with Gasteiger partial charge in [0.25, 0.3) is 11.6 Å². The second-order valence-corrected chi connectivity index (χ2v) is 6.66. The van der Waals surface area contributed by atoms with Gasteiger partial charge in [-0.2, -0.15) is 18.2 Å². The Morgan fingerprint density at radius 1 is 1.12 bits per heavy atom. The number of hydrogen-bond donors (Lipinski definition) is 3. The molecule has 1 heterocycles. The summed E-state index contributed by atoms with van der Waals surface area (Å²) < 4.78 is 40.0. The molecule has 3 N–H and O–H groups in total. The van der Waals surface area contributed by atoms with Crippen LogP contribution in [0.4, 0.5) is 42.0 Å². The van der Waals surface area contributed by atoms with E-state index in [-0.39, 0.29) is 28.3 Å². The summed E-state index contributed by atoms with van der Waals surface area (Å²) in [5.41, 5.74) is -1.68. The fourth-order valence-corrected chi connectivity index (χ4v) is 2.82. The van der Waals surface area contributed by atoms with Crippen molar-refractivity contribution in [3.8, 4) is 0 Å². The number of aromatic nitrogens is 2. The molecular formula is C19H14ClF3N6O3. The van der Waals surface area contributed by atoms with Crippen LogP contribution in [-0.4, -0.2) is 27.8 Å². The zero-order valence-electron chi connectivity index (χ0n) is 16.2. The van der Waals surface area contributed by atoms with Crippen LogP contribution in [0.3, 0.4) is 0 Å². The number of nitro benzene ring substituents is 1. The van der Waals surface area contributed by atoms with Crippen LogP contribution in [0.5, 0.6) is 0 Å². The molecule has 0 radical (unpaired) electrons. The predicted octanol–water partition coefficient (Wildman–Crippen LogP) is 4.90. The lowest BCUT2D eigenvalue weighted by molar-refractivity contribution is -0.384. The first kappa shape index (κ1) is 22.7. The van der Waals surface area contributed by atoms with Gasteiger partial charge in [0, 0.05) is 19.2 Å². The molecule has 32 heavy (non-hydrogen) atoms. The minimum atomic E-state index is -4.78. The van der Waals surface area contributed by atoms with E-state index in [2.05, 4.69) is 25.9 Å². The highest BCUT2D eigenvalue weighted by atomic mass is 35.5. The smallest absolute Gasteiger partial charge is 0.355 e. The second kappa shape index (κ2) is 9.06. The minimum absolute atomic E-state index is 0.000454. The Balaban J connectivity index is 1.98. The van der Waals surface area contributed by atoms with Gasteiger partial charge >= 0.3 is 6.18 Å². The molecule has 3 rings (SSSR count). The number of carbonyl (C=O) groups is 1. The largest absolute Gasteiger partial charge is 0.418 e. The first-order valence-electron chi connectivity index (χ1n) is 8.83. The van der Waals surface area contributed by atoms with Crippen LogP contribution in [0.1, 0.15) is 15.9 Å². The molecule has 0 aliphatic carbocycles. The summed E-state index contributed by atoms with van der Waals surface area (Å²) >= 11 is 6.10. The molecule has 0 atom stereocenters. The van der Waals surface area contributed by atoms with Crippen molar-refractivity contribution >= 4 is 46.3 Å². The van der Waals surface area contributed by atoms with Gasteiger partial charge in [0.2, 0.25) is 5.95 Å². The highest BCUT2D eigenvalue weighted by Gasteiger charge is 2.34. The number of hydrogen-bond acceptors (Lipinski definition) is 7. The van der Waals surface area contributed by atoms with Crippen molar-refractivity contribution in [2.24, 2.45) is 0 Å². The van der Waals surface area contributed by atoms with Gasteiger partial charge in [0.15, 0.2) is 5.82 Å². The van der Waals surface area contributed by atoms with E-state index in [1.807, 2.05) is 0 Å². The number of anilines is 4. The van der Waals surface area contributed by atoms with Crippen molar-refractivity contribution in [3.63, 3.8) is 0 Å². The van der Waals surface area contributed by atoms with Crippen molar-refractivity contribution < 1.29 is 22.9 Å².